The fraction of sp³-hybridized carbons (Fsp3) is 0.600. The molecular formula is C30H35F7O. The van der Waals surface area contributed by atoms with Crippen LogP contribution in [0.2, 0.25) is 0 Å². The molecule has 0 saturated heterocycles. The molecule has 2 saturated carbocycles. The first kappa shape index (κ1) is 28.8. The lowest BCUT2D eigenvalue weighted by molar-refractivity contribution is -0.189. The number of rotatable bonds is 8. The van der Waals surface area contributed by atoms with Crippen molar-refractivity contribution < 1.29 is 35.5 Å². The Hall–Kier alpha value is -2.25. The summed E-state index contributed by atoms with van der Waals surface area (Å²) in [4.78, 5) is 0. The van der Waals surface area contributed by atoms with E-state index in [9.17, 15) is 30.7 Å². The van der Waals surface area contributed by atoms with Gasteiger partial charge in [0.1, 0.15) is 22.9 Å². The minimum atomic E-state index is -4.57. The van der Waals surface area contributed by atoms with Gasteiger partial charge in [0.05, 0.1) is 0 Å². The van der Waals surface area contributed by atoms with Crippen LogP contribution in [0.3, 0.4) is 0 Å². The summed E-state index contributed by atoms with van der Waals surface area (Å²) < 4.78 is 103. The van der Waals surface area contributed by atoms with Crippen molar-refractivity contribution in [2.24, 2.45) is 17.8 Å². The Morgan fingerprint density at radius 3 is 1.92 bits per heavy atom. The van der Waals surface area contributed by atoms with E-state index in [1.165, 1.54) is 51.4 Å². The van der Waals surface area contributed by atoms with Crippen molar-refractivity contribution >= 4 is 0 Å². The molecule has 38 heavy (non-hydrogen) atoms. The van der Waals surface area contributed by atoms with Gasteiger partial charge in [-0.2, -0.15) is 8.78 Å². The smallest absolute Gasteiger partial charge is 0.429 e. The zero-order valence-corrected chi connectivity index (χ0v) is 21.7. The van der Waals surface area contributed by atoms with Crippen LogP contribution in [0.15, 0.2) is 24.3 Å². The number of benzene rings is 2. The van der Waals surface area contributed by atoms with Gasteiger partial charge in [-0.05, 0) is 73.5 Å². The van der Waals surface area contributed by atoms with Gasteiger partial charge in [0, 0.05) is 12.1 Å². The largest absolute Gasteiger partial charge is 0.432 e. The molecule has 0 spiro atoms. The molecule has 0 bridgehead atoms. The van der Waals surface area contributed by atoms with Crippen molar-refractivity contribution in [2.75, 3.05) is 0 Å². The Labute approximate surface area is 219 Å². The highest BCUT2D eigenvalue weighted by Crippen LogP contribution is 2.45. The second-order valence-electron chi connectivity index (χ2n) is 11.1. The number of ether oxygens (including phenoxy) is 1. The van der Waals surface area contributed by atoms with Crippen LogP contribution in [0.1, 0.15) is 101 Å². The predicted octanol–water partition coefficient (Wildman–Crippen LogP) is 10.2. The molecule has 1 nitrogen and oxygen atoms in total. The highest BCUT2D eigenvalue weighted by molar-refractivity contribution is 5.33. The minimum Gasteiger partial charge on any atom is -0.429 e. The summed E-state index contributed by atoms with van der Waals surface area (Å²) in [5.41, 5.74) is -1.34. The molecule has 2 aromatic carbocycles. The first-order chi connectivity index (χ1) is 18.1. The fourth-order valence-corrected chi connectivity index (χ4v) is 6.48. The summed E-state index contributed by atoms with van der Waals surface area (Å²) in [6.07, 6.45) is 8.90. The van der Waals surface area contributed by atoms with Crippen molar-refractivity contribution in [3.8, 4) is 5.75 Å². The quantitative estimate of drug-likeness (QED) is 0.183. The van der Waals surface area contributed by atoms with E-state index in [-0.39, 0.29) is 18.1 Å². The van der Waals surface area contributed by atoms with E-state index in [1.807, 2.05) is 0 Å². The van der Waals surface area contributed by atoms with Crippen LogP contribution in [-0.2, 0) is 6.11 Å². The number of unbranched alkanes of at least 4 members (excludes halogenated alkanes) is 1. The Balaban J connectivity index is 1.40. The first-order valence-electron chi connectivity index (χ1n) is 13.8. The summed E-state index contributed by atoms with van der Waals surface area (Å²) in [6.45, 7) is 2.22. The first-order valence-corrected chi connectivity index (χ1v) is 13.8. The Morgan fingerprint density at radius 2 is 1.32 bits per heavy atom. The van der Waals surface area contributed by atoms with E-state index < -0.39 is 46.5 Å². The Bertz CT molecular complexity index is 1050. The average molecular weight is 545 g/mol. The zero-order chi connectivity index (χ0) is 27.4. The second kappa shape index (κ2) is 12.3. The molecule has 210 valence electrons. The molecule has 0 heterocycles. The van der Waals surface area contributed by atoms with E-state index in [1.54, 1.807) is 0 Å². The molecule has 0 aromatic heterocycles. The standard InChI is InChI=1S/C30H35F7O/c1-2-3-5-18-6-4-7-19(9-8-18)20-10-12-21(13-11-20)22-14-24(31)28(25(32)15-22)30(36,37)38-23-16-26(33)29(35)27(34)17-23/h14-21H,2-13H2,1H3. The molecule has 0 radical (unpaired) electrons. The molecule has 2 unspecified atom stereocenters. The zero-order valence-electron chi connectivity index (χ0n) is 21.7. The third-order valence-electron chi connectivity index (χ3n) is 8.57. The number of alkyl halides is 2. The summed E-state index contributed by atoms with van der Waals surface area (Å²) in [7, 11) is 0. The van der Waals surface area contributed by atoms with Crippen molar-refractivity contribution in [1.82, 2.24) is 0 Å². The molecule has 2 aromatic rings. The van der Waals surface area contributed by atoms with E-state index in [4.69, 9.17) is 0 Å². The molecule has 8 heteroatoms. The van der Waals surface area contributed by atoms with Crippen LogP contribution < -0.4 is 4.74 Å². The van der Waals surface area contributed by atoms with Gasteiger partial charge in [-0.3, -0.25) is 0 Å². The summed E-state index contributed by atoms with van der Waals surface area (Å²) >= 11 is 0. The van der Waals surface area contributed by atoms with E-state index in [0.29, 0.717) is 17.4 Å². The average Bonchev–Trinajstić information content (AvgIpc) is 3.11. The van der Waals surface area contributed by atoms with Crippen LogP contribution >= 0.6 is 0 Å². The van der Waals surface area contributed by atoms with Crippen molar-refractivity contribution in [3.63, 3.8) is 0 Å². The van der Waals surface area contributed by atoms with Gasteiger partial charge in [0.15, 0.2) is 17.5 Å². The predicted molar refractivity (Wildman–Crippen MR) is 131 cm³/mol. The van der Waals surface area contributed by atoms with Crippen LogP contribution in [-0.4, -0.2) is 0 Å². The highest BCUT2D eigenvalue weighted by Gasteiger charge is 2.42. The molecule has 0 aliphatic heterocycles. The molecule has 2 aliphatic rings. The molecule has 2 atom stereocenters. The summed E-state index contributed by atoms with van der Waals surface area (Å²) in [5.74, 6) is -7.55. The van der Waals surface area contributed by atoms with E-state index in [0.717, 1.165) is 43.7 Å². The number of halogens is 7. The van der Waals surface area contributed by atoms with Crippen molar-refractivity contribution in [2.45, 2.75) is 96.0 Å². The molecule has 4 rings (SSSR count). The summed E-state index contributed by atoms with van der Waals surface area (Å²) in [6, 6.07) is 2.18. The van der Waals surface area contributed by atoms with Crippen molar-refractivity contribution in [3.05, 3.63) is 64.5 Å². The topological polar surface area (TPSA) is 9.23 Å². The maximum absolute atomic E-state index is 14.8. The minimum absolute atomic E-state index is 0.137. The van der Waals surface area contributed by atoms with Gasteiger partial charge in [-0.15, -0.1) is 0 Å². The maximum Gasteiger partial charge on any atom is 0.432 e. The monoisotopic (exact) mass is 544 g/mol. The van der Waals surface area contributed by atoms with Crippen LogP contribution in [0, 0.1) is 46.8 Å². The summed E-state index contributed by atoms with van der Waals surface area (Å²) in [5, 5.41) is 0. The Kier molecular flexibility index (Phi) is 9.30. The van der Waals surface area contributed by atoms with Gasteiger partial charge in [-0.1, -0.05) is 51.9 Å². The van der Waals surface area contributed by atoms with Crippen LogP contribution in [0.5, 0.6) is 5.75 Å². The van der Waals surface area contributed by atoms with Gasteiger partial charge >= 0.3 is 6.11 Å². The maximum atomic E-state index is 14.8. The SMILES string of the molecule is CCCCC1CCCC(C2CCC(c3cc(F)c(C(F)(F)Oc4cc(F)c(F)c(F)c4)c(F)c3)CC2)CC1. The Morgan fingerprint density at radius 1 is 0.737 bits per heavy atom. The van der Waals surface area contributed by atoms with Crippen LogP contribution in [0.25, 0.3) is 0 Å². The third kappa shape index (κ3) is 6.66. The van der Waals surface area contributed by atoms with Crippen LogP contribution in [0.4, 0.5) is 30.7 Å². The number of hydrogen-bond acceptors (Lipinski definition) is 1. The lowest BCUT2D eigenvalue weighted by Gasteiger charge is -2.34. The highest BCUT2D eigenvalue weighted by atomic mass is 19.3. The van der Waals surface area contributed by atoms with E-state index in [2.05, 4.69) is 11.7 Å². The molecule has 0 amide bonds. The molecular weight excluding hydrogens is 509 g/mol. The van der Waals surface area contributed by atoms with Crippen molar-refractivity contribution in [1.29, 1.82) is 0 Å². The lowest BCUT2D eigenvalue weighted by Crippen LogP contribution is -2.26. The van der Waals surface area contributed by atoms with Gasteiger partial charge in [0.25, 0.3) is 0 Å². The number of hydrogen-bond donors (Lipinski definition) is 0. The lowest BCUT2D eigenvalue weighted by atomic mass is 9.71. The molecule has 0 N–H and O–H groups in total. The fourth-order valence-electron chi connectivity index (χ4n) is 6.48. The van der Waals surface area contributed by atoms with E-state index >= 15 is 0 Å². The molecule has 2 aliphatic carbocycles. The third-order valence-corrected chi connectivity index (χ3v) is 8.57. The molecule has 2 fully saturated rings. The van der Waals surface area contributed by atoms with Gasteiger partial charge in [0.2, 0.25) is 0 Å². The normalized spacial score (nSPS) is 24.7. The second-order valence-corrected chi connectivity index (χ2v) is 11.1. The van der Waals surface area contributed by atoms with Gasteiger partial charge < -0.3 is 4.74 Å². The van der Waals surface area contributed by atoms with Gasteiger partial charge in [-0.25, -0.2) is 22.0 Å².